The predicted octanol–water partition coefficient (Wildman–Crippen LogP) is 2.33. The first kappa shape index (κ1) is 26.7. The molecule has 0 bridgehead atoms. The number of hydrogen-bond acceptors (Lipinski definition) is 7. The first-order chi connectivity index (χ1) is 16.4. The summed E-state index contributed by atoms with van der Waals surface area (Å²) in [5.41, 5.74) is 6.55. The largest absolute Gasteiger partial charge is 0.492 e. The average molecular weight is 506 g/mol. The summed E-state index contributed by atoms with van der Waals surface area (Å²) >= 11 is 0. The number of likely N-dealkylation sites (N-methyl/N-ethyl adjacent to an activating group) is 1. The summed E-state index contributed by atoms with van der Waals surface area (Å²) in [5.74, 6) is -0.915. The number of rotatable bonds is 10. The molecule has 3 N–H and O–H groups in total. The second-order valence-corrected chi connectivity index (χ2v) is 11.5. The number of carbonyl (C=O) groups excluding carboxylic acids is 2. The van der Waals surface area contributed by atoms with Gasteiger partial charge in [0.15, 0.2) is 15.5 Å². The van der Waals surface area contributed by atoms with Gasteiger partial charge in [0.1, 0.15) is 5.75 Å². The number of nitrogens with one attached hydrogen (secondary N) is 1. The van der Waals surface area contributed by atoms with Crippen molar-refractivity contribution < 1.29 is 22.7 Å². The Kier molecular flexibility index (Phi) is 8.22. The van der Waals surface area contributed by atoms with E-state index in [2.05, 4.69) is 22.4 Å². The van der Waals surface area contributed by atoms with Crippen molar-refractivity contribution in [3.63, 3.8) is 0 Å². The molecule has 0 radical (unpaired) electrons. The number of hydrogen-bond donors (Lipinski definition) is 2. The van der Waals surface area contributed by atoms with Crippen LogP contribution in [0.25, 0.3) is 0 Å². The van der Waals surface area contributed by atoms with Gasteiger partial charge in [0.05, 0.1) is 35.0 Å². The van der Waals surface area contributed by atoms with Crippen molar-refractivity contribution >= 4 is 27.3 Å². The minimum absolute atomic E-state index is 0.00893. The minimum atomic E-state index is -3.56. The Bertz CT molecular complexity index is 1210. The average Bonchev–Trinajstić information content (AvgIpc) is 3.34. The third-order valence-electron chi connectivity index (χ3n) is 6.12. The molecular weight excluding hydrogens is 470 g/mol. The van der Waals surface area contributed by atoms with Crippen LogP contribution in [0.4, 0.5) is 5.69 Å². The molecule has 0 saturated carbocycles. The van der Waals surface area contributed by atoms with Crippen molar-refractivity contribution in [3.8, 4) is 5.75 Å². The summed E-state index contributed by atoms with van der Waals surface area (Å²) in [4.78, 5) is 27.9. The second kappa shape index (κ2) is 10.8. The maximum atomic E-state index is 13.4. The van der Waals surface area contributed by atoms with Gasteiger partial charge in [0.25, 0.3) is 11.8 Å². The Morgan fingerprint density at radius 3 is 2.57 bits per heavy atom. The van der Waals surface area contributed by atoms with Crippen LogP contribution in [0, 0.1) is 5.92 Å². The van der Waals surface area contributed by atoms with Crippen LogP contribution < -0.4 is 15.8 Å². The molecule has 35 heavy (non-hydrogen) atoms. The van der Waals surface area contributed by atoms with Crippen LogP contribution in [0.5, 0.6) is 5.75 Å². The van der Waals surface area contributed by atoms with Crippen LogP contribution in [0.2, 0.25) is 0 Å². The lowest BCUT2D eigenvalue weighted by Gasteiger charge is -2.20. The number of primary amides is 1. The Balaban J connectivity index is 2.01. The van der Waals surface area contributed by atoms with Crippen molar-refractivity contribution in [2.75, 3.05) is 31.8 Å². The third-order valence-corrected chi connectivity index (χ3v) is 7.23. The normalized spacial score (nSPS) is 16.6. The highest BCUT2D eigenvalue weighted by atomic mass is 32.2. The smallest absolute Gasteiger partial charge is 0.271 e. The van der Waals surface area contributed by atoms with Crippen LogP contribution in [-0.4, -0.2) is 67.4 Å². The number of aromatic nitrogens is 2. The number of benzene rings is 1. The van der Waals surface area contributed by atoms with Gasteiger partial charge in [0, 0.05) is 12.3 Å². The monoisotopic (exact) mass is 505 g/mol. The summed E-state index contributed by atoms with van der Waals surface area (Å²) < 4.78 is 31.8. The van der Waals surface area contributed by atoms with Crippen molar-refractivity contribution in [1.29, 1.82) is 0 Å². The number of nitrogens with two attached hydrogens (primary N) is 1. The summed E-state index contributed by atoms with van der Waals surface area (Å²) in [6.45, 7) is 7.75. The fourth-order valence-electron chi connectivity index (χ4n) is 4.20. The van der Waals surface area contributed by atoms with Gasteiger partial charge < -0.3 is 20.7 Å². The molecule has 1 fully saturated rings. The SMILES string of the molecule is CCc1c(NC(=O)c2cc(S(C)(=O)=O)ccc2OCC(C)C)c(C(N)=O)nn1C[C@H]1CCCN1C. The lowest BCUT2D eigenvalue weighted by Crippen LogP contribution is -2.30. The molecular formula is C24H35N5O5S. The molecule has 2 aromatic rings. The second-order valence-electron chi connectivity index (χ2n) is 9.44. The molecule has 11 heteroatoms. The molecule has 1 aliphatic heterocycles. The molecule has 3 rings (SSSR count). The maximum Gasteiger partial charge on any atom is 0.271 e. The third kappa shape index (κ3) is 6.21. The number of amides is 2. The Labute approximate surface area is 206 Å². The molecule has 2 heterocycles. The standard InChI is InChI=1S/C24H35N5O5S/c1-6-19-21(22(23(25)30)27-29(19)13-16-8-7-11-28(16)4)26-24(31)18-12-17(35(5,32)33)9-10-20(18)34-14-15(2)3/h9-10,12,15-16H,6-8,11,13-14H2,1-5H3,(H2,25,30)(H,26,31)/t16-/m1/s1. The van der Waals surface area contributed by atoms with Gasteiger partial charge in [-0.2, -0.15) is 5.10 Å². The van der Waals surface area contributed by atoms with E-state index in [1.165, 1.54) is 18.2 Å². The lowest BCUT2D eigenvalue weighted by molar-refractivity contribution is 0.0995. The van der Waals surface area contributed by atoms with Crippen LogP contribution in [0.15, 0.2) is 23.1 Å². The van der Waals surface area contributed by atoms with Crippen molar-refractivity contribution in [1.82, 2.24) is 14.7 Å². The molecule has 1 atom stereocenters. The molecule has 1 aromatic heterocycles. The van der Waals surface area contributed by atoms with E-state index in [0.29, 0.717) is 25.3 Å². The Morgan fingerprint density at radius 2 is 2.03 bits per heavy atom. The van der Waals surface area contributed by atoms with Gasteiger partial charge in [0.2, 0.25) is 0 Å². The lowest BCUT2D eigenvalue weighted by atomic mass is 10.1. The minimum Gasteiger partial charge on any atom is -0.492 e. The van der Waals surface area contributed by atoms with E-state index < -0.39 is 21.7 Å². The summed E-state index contributed by atoms with van der Waals surface area (Å²) in [7, 11) is -1.51. The van der Waals surface area contributed by atoms with Crippen LogP contribution in [0.3, 0.4) is 0 Å². The fraction of sp³-hybridized carbons (Fsp3) is 0.542. The van der Waals surface area contributed by atoms with Gasteiger partial charge in [-0.15, -0.1) is 0 Å². The predicted molar refractivity (Wildman–Crippen MR) is 134 cm³/mol. The van der Waals surface area contributed by atoms with E-state index >= 15 is 0 Å². The molecule has 192 valence electrons. The molecule has 10 nitrogen and oxygen atoms in total. The van der Waals surface area contributed by atoms with Gasteiger partial charge in [-0.1, -0.05) is 20.8 Å². The number of nitrogens with zero attached hydrogens (tertiary/aromatic N) is 3. The van der Waals surface area contributed by atoms with Gasteiger partial charge >= 0.3 is 0 Å². The Hall–Kier alpha value is -2.92. The van der Waals surface area contributed by atoms with Crippen LogP contribution >= 0.6 is 0 Å². The van der Waals surface area contributed by atoms with E-state index in [-0.39, 0.29) is 39.5 Å². The highest BCUT2D eigenvalue weighted by Crippen LogP contribution is 2.28. The number of anilines is 1. The van der Waals surface area contributed by atoms with E-state index in [1.54, 1.807) is 4.68 Å². The molecule has 1 aromatic carbocycles. The number of sulfone groups is 1. The number of carbonyl (C=O) groups is 2. The number of likely N-dealkylation sites (tertiary alicyclic amines) is 1. The summed E-state index contributed by atoms with van der Waals surface area (Å²) in [6.07, 6.45) is 3.68. The van der Waals surface area contributed by atoms with Gasteiger partial charge in [-0.05, 0) is 57.0 Å². The Morgan fingerprint density at radius 1 is 1.31 bits per heavy atom. The van der Waals surface area contributed by atoms with Crippen molar-refractivity contribution in [3.05, 3.63) is 35.2 Å². The zero-order valence-electron chi connectivity index (χ0n) is 21.0. The highest BCUT2D eigenvalue weighted by molar-refractivity contribution is 7.90. The van der Waals surface area contributed by atoms with E-state index in [9.17, 15) is 18.0 Å². The molecule has 0 unspecified atom stereocenters. The fourth-order valence-corrected chi connectivity index (χ4v) is 4.85. The molecule has 2 amide bonds. The van der Waals surface area contributed by atoms with Crippen LogP contribution in [-0.2, 0) is 22.8 Å². The van der Waals surface area contributed by atoms with E-state index in [0.717, 1.165) is 25.6 Å². The molecule has 0 spiro atoms. The van der Waals surface area contributed by atoms with Crippen molar-refractivity contribution in [2.24, 2.45) is 11.7 Å². The molecule has 1 aliphatic rings. The molecule has 1 saturated heterocycles. The summed E-state index contributed by atoms with van der Waals surface area (Å²) in [6, 6.07) is 4.44. The van der Waals surface area contributed by atoms with E-state index in [4.69, 9.17) is 10.5 Å². The van der Waals surface area contributed by atoms with Gasteiger partial charge in [-0.25, -0.2) is 8.42 Å². The first-order valence-electron chi connectivity index (χ1n) is 11.8. The molecule has 0 aliphatic carbocycles. The van der Waals surface area contributed by atoms with Crippen molar-refractivity contribution in [2.45, 2.75) is 57.5 Å². The number of ether oxygens (including phenoxy) is 1. The highest BCUT2D eigenvalue weighted by Gasteiger charge is 2.28. The van der Waals surface area contributed by atoms with E-state index in [1.807, 2.05) is 20.8 Å². The first-order valence-corrected chi connectivity index (χ1v) is 13.7. The summed E-state index contributed by atoms with van der Waals surface area (Å²) in [5, 5.41) is 7.22. The van der Waals surface area contributed by atoms with Crippen LogP contribution in [0.1, 0.15) is 60.2 Å². The zero-order valence-corrected chi connectivity index (χ0v) is 21.8. The maximum absolute atomic E-state index is 13.4. The topological polar surface area (TPSA) is 137 Å². The van der Waals surface area contributed by atoms with Gasteiger partial charge in [-0.3, -0.25) is 14.3 Å². The zero-order chi connectivity index (χ0) is 25.9. The quantitative estimate of drug-likeness (QED) is 0.506.